The van der Waals surface area contributed by atoms with Gasteiger partial charge >= 0.3 is 0 Å². The van der Waals surface area contributed by atoms with Crippen molar-refractivity contribution in [2.75, 3.05) is 5.32 Å². The smallest absolute Gasteiger partial charge is 0.275 e. The Hall–Kier alpha value is -2.40. The number of rotatable bonds is 2. The zero-order valence-corrected chi connectivity index (χ0v) is 13.3. The predicted octanol–water partition coefficient (Wildman–Crippen LogP) is 5.21. The maximum Gasteiger partial charge on any atom is 0.275 e. The van der Waals surface area contributed by atoms with Crippen LogP contribution >= 0.6 is 11.6 Å². The molecule has 6 heteroatoms. The van der Waals surface area contributed by atoms with Crippen molar-refractivity contribution in [2.24, 2.45) is 5.92 Å². The summed E-state index contributed by atoms with van der Waals surface area (Å²) >= 11 is 6.32. The van der Waals surface area contributed by atoms with E-state index in [-0.39, 0.29) is 34.3 Å². The van der Waals surface area contributed by atoms with Crippen LogP contribution in [0.25, 0.3) is 0 Å². The molecule has 1 N–H and O–H groups in total. The summed E-state index contributed by atoms with van der Waals surface area (Å²) in [7, 11) is 0. The van der Waals surface area contributed by atoms with Crippen LogP contribution in [0.15, 0.2) is 48.6 Å². The zero-order valence-electron chi connectivity index (χ0n) is 12.6. The Balaban J connectivity index is 1.86. The van der Waals surface area contributed by atoms with Gasteiger partial charge in [0.1, 0.15) is 5.82 Å². The molecule has 2 aromatic rings. The maximum atomic E-state index is 13.2. The monoisotopic (exact) mass is 344 g/mol. The second kappa shape index (κ2) is 5.60. The van der Waals surface area contributed by atoms with Crippen molar-refractivity contribution in [3.8, 4) is 0 Å². The lowest BCUT2D eigenvalue weighted by atomic mass is 9.76. The minimum Gasteiger partial charge on any atom is -0.376 e. The van der Waals surface area contributed by atoms with Crippen LogP contribution in [0.1, 0.15) is 29.5 Å². The summed E-state index contributed by atoms with van der Waals surface area (Å²) in [5.74, 6) is -0.222. The van der Waals surface area contributed by atoms with Crippen molar-refractivity contribution in [1.82, 2.24) is 0 Å². The molecule has 24 heavy (non-hydrogen) atoms. The number of fused-ring (bicyclic) bond motifs is 3. The highest BCUT2D eigenvalue weighted by molar-refractivity contribution is 6.33. The maximum absolute atomic E-state index is 13.2. The Morgan fingerprint density at radius 1 is 1.21 bits per heavy atom. The first-order valence-corrected chi connectivity index (χ1v) is 8.09. The molecule has 4 nitrogen and oxygen atoms in total. The normalized spacial score (nSPS) is 24.2. The molecule has 0 aromatic heterocycles. The van der Waals surface area contributed by atoms with Crippen molar-refractivity contribution in [1.29, 1.82) is 0 Å². The number of allylic oxidation sites excluding steroid dienone is 2. The molecule has 0 saturated carbocycles. The quantitative estimate of drug-likeness (QED) is 0.462. The summed E-state index contributed by atoms with van der Waals surface area (Å²) in [5, 5.41) is 15.3. The van der Waals surface area contributed by atoms with Crippen LogP contribution in [0.3, 0.4) is 0 Å². The SMILES string of the molecule is O=[N+]([O-])c1ccc(Cl)c2c1[C@@H]1C=CC[C@H]1[C@@H](c1ccc(F)cc1)N2. The van der Waals surface area contributed by atoms with Crippen LogP contribution in [0.2, 0.25) is 5.02 Å². The van der Waals surface area contributed by atoms with E-state index in [1.165, 1.54) is 18.2 Å². The number of nitrogens with one attached hydrogen (secondary N) is 1. The Morgan fingerprint density at radius 2 is 1.96 bits per heavy atom. The highest BCUT2D eigenvalue weighted by Crippen LogP contribution is 2.54. The van der Waals surface area contributed by atoms with Crippen LogP contribution in [0.5, 0.6) is 0 Å². The van der Waals surface area contributed by atoms with Gasteiger partial charge in [-0.1, -0.05) is 35.9 Å². The zero-order chi connectivity index (χ0) is 16.8. The van der Waals surface area contributed by atoms with Gasteiger partial charge in [-0.25, -0.2) is 4.39 Å². The van der Waals surface area contributed by atoms with E-state index < -0.39 is 0 Å². The second-order valence-corrected chi connectivity index (χ2v) is 6.55. The van der Waals surface area contributed by atoms with Gasteiger partial charge in [0.15, 0.2) is 0 Å². The summed E-state index contributed by atoms with van der Waals surface area (Å²) < 4.78 is 13.2. The molecule has 2 aromatic carbocycles. The molecule has 0 radical (unpaired) electrons. The van der Waals surface area contributed by atoms with Crippen LogP contribution < -0.4 is 5.32 Å². The molecule has 1 aliphatic carbocycles. The molecular weight excluding hydrogens is 331 g/mol. The average Bonchev–Trinajstić information content (AvgIpc) is 3.05. The van der Waals surface area contributed by atoms with Gasteiger partial charge in [-0.15, -0.1) is 0 Å². The van der Waals surface area contributed by atoms with Gasteiger partial charge in [0.2, 0.25) is 0 Å². The Morgan fingerprint density at radius 3 is 2.67 bits per heavy atom. The first kappa shape index (κ1) is 15.1. The fourth-order valence-corrected chi connectivity index (χ4v) is 4.03. The molecule has 3 atom stereocenters. The van der Waals surface area contributed by atoms with Crippen LogP contribution in [0, 0.1) is 21.8 Å². The summed E-state index contributed by atoms with van der Waals surface area (Å²) in [4.78, 5) is 11.1. The Labute approximate surface area is 143 Å². The van der Waals surface area contributed by atoms with E-state index in [4.69, 9.17) is 11.6 Å². The summed E-state index contributed by atoms with van der Waals surface area (Å²) in [6.45, 7) is 0. The molecule has 1 heterocycles. The van der Waals surface area contributed by atoms with E-state index >= 15 is 0 Å². The lowest BCUT2D eigenvalue weighted by Crippen LogP contribution is -2.29. The molecule has 122 valence electrons. The number of hydrogen-bond acceptors (Lipinski definition) is 3. The van der Waals surface area contributed by atoms with E-state index in [9.17, 15) is 14.5 Å². The molecule has 0 saturated heterocycles. The Bertz CT molecular complexity index is 851. The van der Waals surface area contributed by atoms with Gasteiger partial charge in [-0.2, -0.15) is 0 Å². The molecule has 0 amide bonds. The van der Waals surface area contributed by atoms with Crippen molar-refractivity contribution in [2.45, 2.75) is 18.4 Å². The van der Waals surface area contributed by atoms with Gasteiger partial charge in [0.25, 0.3) is 5.69 Å². The summed E-state index contributed by atoms with van der Waals surface area (Å²) in [5.41, 5.74) is 2.28. The molecule has 4 rings (SSSR count). The van der Waals surface area contributed by atoms with E-state index in [1.807, 2.05) is 12.2 Å². The fraction of sp³-hybridized carbons (Fsp3) is 0.222. The highest BCUT2D eigenvalue weighted by atomic mass is 35.5. The van der Waals surface area contributed by atoms with E-state index in [1.54, 1.807) is 18.2 Å². The predicted molar refractivity (Wildman–Crippen MR) is 90.9 cm³/mol. The number of anilines is 1. The summed E-state index contributed by atoms with van der Waals surface area (Å²) in [6.07, 6.45) is 4.88. The third-order valence-corrected chi connectivity index (χ3v) is 5.19. The average molecular weight is 345 g/mol. The molecular formula is C18H14ClFN2O2. The fourth-order valence-electron chi connectivity index (χ4n) is 3.81. The van der Waals surface area contributed by atoms with Gasteiger partial charge in [-0.05, 0) is 36.1 Å². The summed E-state index contributed by atoms with van der Waals surface area (Å²) in [6, 6.07) is 9.30. The molecule has 0 unspecified atom stereocenters. The number of hydrogen-bond donors (Lipinski definition) is 1. The number of halogens is 2. The minimum absolute atomic E-state index is 0.0717. The van der Waals surface area contributed by atoms with Crippen molar-refractivity contribution in [3.63, 3.8) is 0 Å². The first-order valence-electron chi connectivity index (χ1n) is 7.71. The Kier molecular flexibility index (Phi) is 3.53. The van der Waals surface area contributed by atoms with Gasteiger partial charge in [-0.3, -0.25) is 10.1 Å². The largest absolute Gasteiger partial charge is 0.376 e. The van der Waals surface area contributed by atoms with E-state index in [0.29, 0.717) is 16.3 Å². The molecule has 1 aliphatic heterocycles. The van der Waals surface area contributed by atoms with Gasteiger partial charge in [0.05, 0.1) is 27.2 Å². The molecule has 0 bridgehead atoms. The van der Waals surface area contributed by atoms with Crippen LogP contribution in [0.4, 0.5) is 15.8 Å². The second-order valence-electron chi connectivity index (χ2n) is 6.14. The van der Waals surface area contributed by atoms with E-state index in [2.05, 4.69) is 5.32 Å². The molecule has 0 spiro atoms. The number of nitro groups is 1. The van der Waals surface area contributed by atoms with Crippen LogP contribution in [-0.4, -0.2) is 4.92 Å². The minimum atomic E-state index is -0.363. The lowest BCUT2D eigenvalue weighted by Gasteiger charge is -2.37. The topological polar surface area (TPSA) is 55.2 Å². The van der Waals surface area contributed by atoms with Crippen molar-refractivity contribution in [3.05, 3.63) is 80.6 Å². The molecule has 0 fully saturated rings. The molecule has 2 aliphatic rings. The first-order chi connectivity index (χ1) is 11.6. The highest BCUT2D eigenvalue weighted by Gasteiger charge is 2.42. The lowest BCUT2D eigenvalue weighted by molar-refractivity contribution is -0.385. The van der Waals surface area contributed by atoms with Crippen molar-refractivity contribution < 1.29 is 9.31 Å². The van der Waals surface area contributed by atoms with E-state index in [0.717, 1.165) is 12.0 Å². The number of nitrogens with zero attached hydrogens (tertiary/aromatic N) is 1. The van der Waals surface area contributed by atoms with Gasteiger partial charge in [0, 0.05) is 12.0 Å². The third kappa shape index (κ3) is 2.27. The third-order valence-electron chi connectivity index (χ3n) is 4.87. The standard InChI is InChI=1S/C18H14ClFN2O2/c19-14-8-9-15(22(23)24)16-12-2-1-3-13(12)17(21-18(14)16)10-4-6-11(20)7-5-10/h1-2,4-9,12-13,17,21H,3H2/t12-,13-,17-/m1/s1. The number of benzene rings is 2. The number of nitro benzene ring substituents is 1. The van der Waals surface area contributed by atoms with Gasteiger partial charge < -0.3 is 5.32 Å². The van der Waals surface area contributed by atoms with Crippen LogP contribution in [-0.2, 0) is 0 Å². The van der Waals surface area contributed by atoms with Crippen molar-refractivity contribution >= 4 is 23.0 Å².